The molecule has 0 aromatic carbocycles. The van der Waals surface area contributed by atoms with Gasteiger partial charge in [0, 0.05) is 19.3 Å². The fourth-order valence-corrected chi connectivity index (χ4v) is 2.67. The Morgan fingerprint density at radius 2 is 2.21 bits per heavy atom. The summed E-state index contributed by atoms with van der Waals surface area (Å²) in [6, 6.07) is 0.550. The summed E-state index contributed by atoms with van der Waals surface area (Å²) >= 11 is 0. The van der Waals surface area contributed by atoms with Crippen LogP contribution in [0.25, 0.3) is 0 Å². The van der Waals surface area contributed by atoms with E-state index in [1.54, 1.807) is 0 Å². The van der Waals surface area contributed by atoms with Gasteiger partial charge in [0.1, 0.15) is 5.66 Å². The van der Waals surface area contributed by atoms with E-state index in [0.29, 0.717) is 6.04 Å². The second kappa shape index (κ2) is 6.39. The monoisotopic (exact) mass is 265 g/mol. The van der Waals surface area contributed by atoms with E-state index >= 15 is 0 Å². The highest BCUT2D eigenvalue weighted by atomic mass is 15.3. The number of nitrogens with one attached hydrogen (secondary N) is 2. The maximum atomic E-state index is 6.35. The van der Waals surface area contributed by atoms with Crippen molar-refractivity contribution >= 4 is 5.96 Å². The Labute approximate surface area is 116 Å². The molecular formula is C14H27N5. The van der Waals surface area contributed by atoms with Crippen LogP contribution in [0.4, 0.5) is 0 Å². The number of rotatable bonds is 4. The lowest BCUT2D eigenvalue weighted by Gasteiger charge is -2.36. The molecule has 5 nitrogen and oxygen atoms in total. The van der Waals surface area contributed by atoms with Crippen molar-refractivity contribution in [2.45, 2.75) is 50.7 Å². The van der Waals surface area contributed by atoms with Crippen LogP contribution in [0, 0.1) is 0 Å². The van der Waals surface area contributed by atoms with Crippen molar-refractivity contribution in [3.8, 4) is 0 Å². The van der Waals surface area contributed by atoms with Gasteiger partial charge in [0.05, 0.1) is 0 Å². The van der Waals surface area contributed by atoms with Crippen LogP contribution in [0.5, 0.6) is 0 Å². The van der Waals surface area contributed by atoms with E-state index in [1.807, 2.05) is 12.3 Å². The summed E-state index contributed by atoms with van der Waals surface area (Å²) < 4.78 is 0. The Kier molecular flexibility index (Phi) is 4.82. The molecule has 2 aliphatic rings. The number of hydrogen-bond donors (Lipinski definition) is 3. The maximum Gasteiger partial charge on any atom is 0.200 e. The first-order chi connectivity index (χ1) is 9.14. The molecule has 108 valence electrons. The molecule has 0 radical (unpaired) electrons. The molecule has 0 spiro atoms. The lowest BCUT2D eigenvalue weighted by Crippen LogP contribution is -2.51. The summed E-state index contributed by atoms with van der Waals surface area (Å²) in [5, 5.41) is 6.63. The highest BCUT2D eigenvalue weighted by Gasteiger charge is 2.27. The second-order valence-electron chi connectivity index (χ2n) is 5.60. The number of guanidine groups is 1. The first-order valence-corrected chi connectivity index (χ1v) is 7.41. The third-order valence-electron chi connectivity index (χ3n) is 4.02. The minimum absolute atomic E-state index is 0.530. The zero-order valence-electron chi connectivity index (χ0n) is 12.2. The van der Waals surface area contributed by atoms with Crippen LogP contribution in [0.15, 0.2) is 17.3 Å². The molecule has 1 unspecified atom stereocenters. The highest BCUT2D eigenvalue weighted by molar-refractivity contribution is 5.82. The van der Waals surface area contributed by atoms with Gasteiger partial charge in [0.25, 0.3) is 0 Å². The molecule has 0 bridgehead atoms. The van der Waals surface area contributed by atoms with Gasteiger partial charge >= 0.3 is 0 Å². The van der Waals surface area contributed by atoms with Crippen LogP contribution in [0.3, 0.4) is 0 Å². The molecule has 0 aromatic rings. The highest BCUT2D eigenvalue weighted by Crippen LogP contribution is 2.19. The number of unbranched alkanes of at least 4 members (excludes halogenated alkanes) is 1. The smallest absolute Gasteiger partial charge is 0.200 e. The maximum absolute atomic E-state index is 6.35. The molecule has 2 rings (SSSR count). The molecule has 1 fully saturated rings. The molecule has 2 heterocycles. The fraction of sp³-hybridized carbons (Fsp3) is 0.786. The van der Waals surface area contributed by atoms with E-state index in [4.69, 9.17) is 10.7 Å². The fourth-order valence-electron chi connectivity index (χ4n) is 2.67. The van der Waals surface area contributed by atoms with Crippen LogP contribution in [0.2, 0.25) is 0 Å². The molecular weight excluding hydrogens is 238 g/mol. The predicted octanol–water partition coefficient (Wildman–Crippen LogP) is 0.988. The van der Waals surface area contributed by atoms with Crippen molar-refractivity contribution in [1.29, 1.82) is 0 Å². The van der Waals surface area contributed by atoms with E-state index in [0.717, 1.165) is 51.2 Å². The van der Waals surface area contributed by atoms with Gasteiger partial charge in [-0.1, -0.05) is 13.3 Å². The van der Waals surface area contributed by atoms with E-state index < -0.39 is 5.66 Å². The van der Waals surface area contributed by atoms with Crippen LogP contribution in [-0.4, -0.2) is 42.7 Å². The first kappa shape index (κ1) is 14.3. The number of aliphatic imine (C=N–C) groups is 1. The average Bonchev–Trinajstić information content (AvgIpc) is 2.45. The predicted molar refractivity (Wildman–Crippen MR) is 79.8 cm³/mol. The van der Waals surface area contributed by atoms with Crippen molar-refractivity contribution < 1.29 is 0 Å². The number of nitrogens with two attached hydrogens (primary N) is 1. The minimum atomic E-state index is -0.530. The molecule has 2 aliphatic heterocycles. The Morgan fingerprint density at radius 1 is 1.47 bits per heavy atom. The number of hydrogen-bond acceptors (Lipinski definition) is 5. The Hall–Kier alpha value is -1.07. The minimum Gasteiger partial charge on any atom is -0.343 e. The van der Waals surface area contributed by atoms with E-state index in [-0.39, 0.29) is 0 Å². The summed E-state index contributed by atoms with van der Waals surface area (Å²) in [6.45, 7) is 4.35. The molecule has 1 saturated heterocycles. The lowest BCUT2D eigenvalue weighted by molar-refractivity contribution is 0.279. The molecule has 19 heavy (non-hydrogen) atoms. The van der Waals surface area contributed by atoms with Gasteiger partial charge in [-0.3, -0.25) is 0 Å². The standard InChI is InChI=1S/C14H27N5/c1-3-4-7-14(15)8-11-17-13(18-14)19(2)12-5-9-16-10-6-12/h8,11-12,16H,3-7,9-10,15H2,1-2H3,(H,17,18). The molecule has 0 aromatic heterocycles. The van der Waals surface area contributed by atoms with Crippen molar-refractivity contribution in [2.24, 2.45) is 10.7 Å². The molecule has 0 saturated carbocycles. The van der Waals surface area contributed by atoms with E-state index in [1.165, 1.54) is 0 Å². The zero-order chi connectivity index (χ0) is 13.7. The molecule has 1 atom stereocenters. The van der Waals surface area contributed by atoms with Crippen molar-refractivity contribution in [2.75, 3.05) is 20.1 Å². The zero-order valence-corrected chi connectivity index (χ0v) is 12.2. The molecule has 0 aliphatic carbocycles. The van der Waals surface area contributed by atoms with Gasteiger partial charge in [0.2, 0.25) is 0 Å². The van der Waals surface area contributed by atoms with Gasteiger partial charge in [-0.05, 0) is 44.8 Å². The summed E-state index contributed by atoms with van der Waals surface area (Å²) in [5.41, 5.74) is 5.82. The average molecular weight is 265 g/mol. The lowest BCUT2D eigenvalue weighted by atomic mass is 10.0. The summed E-state index contributed by atoms with van der Waals surface area (Å²) in [7, 11) is 2.11. The van der Waals surface area contributed by atoms with E-state index in [2.05, 4.69) is 29.5 Å². The summed E-state index contributed by atoms with van der Waals surface area (Å²) in [6.07, 6.45) is 9.40. The third-order valence-corrected chi connectivity index (χ3v) is 4.02. The van der Waals surface area contributed by atoms with Crippen molar-refractivity contribution in [1.82, 2.24) is 15.5 Å². The molecule has 0 amide bonds. The number of nitrogens with zero attached hydrogens (tertiary/aromatic N) is 2. The second-order valence-corrected chi connectivity index (χ2v) is 5.60. The topological polar surface area (TPSA) is 65.7 Å². The van der Waals surface area contributed by atoms with Crippen LogP contribution < -0.4 is 16.4 Å². The van der Waals surface area contributed by atoms with Crippen LogP contribution in [0.1, 0.15) is 39.0 Å². The van der Waals surface area contributed by atoms with Gasteiger partial charge in [0.15, 0.2) is 5.96 Å². The SMILES string of the molecule is CCCCC1(N)C=CNC(N(C)C2CCNCC2)=N1. The van der Waals surface area contributed by atoms with Crippen molar-refractivity contribution in [3.63, 3.8) is 0 Å². The van der Waals surface area contributed by atoms with Gasteiger partial charge < -0.3 is 21.3 Å². The first-order valence-electron chi connectivity index (χ1n) is 7.41. The van der Waals surface area contributed by atoms with E-state index in [9.17, 15) is 0 Å². The van der Waals surface area contributed by atoms with Gasteiger partial charge in [-0.15, -0.1) is 0 Å². The Balaban J connectivity index is 2.02. The van der Waals surface area contributed by atoms with Gasteiger partial charge in [-0.2, -0.15) is 0 Å². The van der Waals surface area contributed by atoms with Crippen LogP contribution in [-0.2, 0) is 0 Å². The normalized spacial score (nSPS) is 27.8. The quantitative estimate of drug-likeness (QED) is 0.709. The molecule has 5 heteroatoms. The van der Waals surface area contributed by atoms with Gasteiger partial charge in [-0.25, -0.2) is 4.99 Å². The van der Waals surface area contributed by atoms with Crippen LogP contribution >= 0.6 is 0 Å². The third kappa shape index (κ3) is 3.70. The van der Waals surface area contributed by atoms with Crippen molar-refractivity contribution in [3.05, 3.63) is 12.3 Å². The summed E-state index contributed by atoms with van der Waals surface area (Å²) in [4.78, 5) is 6.98. The largest absolute Gasteiger partial charge is 0.343 e. The Morgan fingerprint density at radius 3 is 2.89 bits per heavy atom. The number of piperidine rings is 1. The Bertz CT molecular complexity index is 346. The molecule has 4 N–H and O–H groups in total. The summed E-state index contributed by atoms with van der Waals surface area (Å²) in [5.74, 6) is 0.910.